The van der Waals surface area contributed by atoms with Crippen LogP contribution in [0.3, 0.4) is 0 Å². The summed E-state index contributed by atoms with van der Waals surface area (Å²) in [5.74, 6) is 0.106. The molecule has 1 heterocycles. The first kappa shape index (κ1) is 43.5. The SMILES string of the molecule is CC1=C[C@@H](CCOCc2ccccc2)[C@]2(CCCN(S(=O)(=O)c3ccc([N+](=O)[O-])cc3)CCC[C@H]2O[Si](C)(C)C(C)(C)C)[C@H](O[Si](C)(C)C(C)(C)C)C1. The average molecular weight is 787 g/mol. The first-order valence-electron chi connectivity index (χ1n) is 19.4. The van der Waals surface area contributed by atoms with Crippen LogP contribution < -0.4 is 0 Å². The molecule has 1 aliphatic carbocycles. The molecule has 53 heavy (non-hydrogen) atoms. The molecule has 0 saturated carbocycles. The number of hydrogen-bond acceptors (Lipinski definition) is 7. The molecule has 1 saturated heterocycles. The second-order valence-electron chi connectivity index (χ2n) is 18.4. The molecule has 296 valence electrons. The summed E-state index contributed by atoms with van der Waals surface area (Å²) in [6, 6.07) is 15.5. The molecule has 0 aromatic heterocycles. The van der Waals surface area contributed by atoms with Crippen LogP contribution in [0, 0.1) is 21.4 Å². The van der Waals surface area contributed by atoms with E-state index in [4.69, 9.17) is 13.6 Å². The van der Waals surface area contributed by atoms with Crippen molar-refractivity contribution >= 4 is 32.3 Å². The Labute approximate surface area is 322 Å². The highest BCUT2D eigenvalue weighted by atomic mass is 32.2. The summed E-state index contributed by atoms with van der Waals surface area (Å²) in [5.41, 5.74) is 1.93. The van der Waals surface area contributed by atoms with Gasteiger partial charge in [-0.1, -0.05) is 83.5 Å². The van der Waals surface area contributed by atoms with E-state index in [1.807, 2.05) is 18.2 Å². The van der Waals surface area contributed by atoms with Crippen molar-refractivity contribution in [1.29, 1.82) is 0 Å². The zero-order valence-corrected chi connectivity index (χ0v) is 37.1. The second-order valence-corrected chi connectivity index (χ2v) is 29.8. The molecule has 2 aliphatic rings. The fourth-order valence-corrected chi connectivity index (χ4v) is 11.8. The van der Waals surface area contributed by atoms with E-state index in [2.05, 4.69) is 92.9 Å². The fraction of sp³-hybridized carbons (Fsp3) is 0.659. The van der Waals surface area contributed by atoms with Crippen LogP contribution in [0.25, 0.3) is 0 Å². The van der Waals surface area contributed by atoms with Crippen LogP contribution in [0.4, 0.5) is 5.69 Å². The summed E-state index contributed by atoms with van der Waals surface area (Å²) < 4.78 is 51.3. The minimum atomic E-state index is -3.88. The maximum absolute atomic E-state index is 14.1. The molecule has 0 radical (unpaired) electrons. The molecular weight excluding hydrogens is 721 g/mol. The van der Waals surface area contributed by atoms with Gasteiger partial charge in [0, 0.05) is 37.2 Å². The third kappa shape index (κ3) is 10.2. The van der Waals surface area contributed by atoms with Gasteiger partial charge in [-0.25, -0.2) is 8.42 Å². The van der Waals surface area contributed by atoms with E-state index < -0.39 is 37.0 Å². The Morgan fingerprint density at radius 1 is 0.868 bits per heavy atom. The number of non-ortho nitro benzene ring substituents is 1. The van der Waals surface area contributed by atoms with Gasteiger partial charge in [0.15, 0.2) is 16.6 Å². The number of nitrogens with zero attached hydrogens (tertiary/aromatic N) is 2. The predicted molar refractivity (Wildman–Crippen MR) is 219 cm³/mol. The third-order valence-corrected chi connectivity index (χ3v) is 23.5. The summed E-state index contributed by atoms with van der Waals surface area (Å²) in [6.45, 7) is 27.1. The lowest BCUT2D eigenvalue weighted by molar-refractivity contribution is -0.384. The lowest BCUT2D eigenvalue weighted by atomic mass is 9.59. The van der Waals surface area contributed by atoms with Crippen LogP contribution in [0.2, 0.25) is 36.3 Å². The normalized spacial score (nSPS) is 24.3. The van der Waals surface area contributed by atoms with Gasteiger partial charge in [0.25, 0.3) is 5.69 Å². The molecule has 1 fully saturated rings. The number of hydrogen-bond donors (Lipinski definition) is 0. The van der Waals surface area contributed by atoms with E-state index in [0.717, 1.165) is 24.8 Å². The monoisotopic (exact) mass is 786 g/mol. The van der Waals surface area contributed by atoms with Crippen molar-refractivity contribution < 1.29 is 26.9 Å². The van der Waals surface area contributed by atoms with Gasteiger partial charge in [0.2, 0.25) is 10.0 Å². The number of allylic oxidation sites excluding steroid dienone is 1. The molecule has 0 N–H and O–H groups in total. The van der Waals surface area contributed by atoms with E-state index >= 15 is 0 Å². The van der Waals surface area contributed by atoms with E-state index in [-0.39, 0.29) is 38.8 Å². The van der Waals surface area contributed by atoms with Crippen LogP contribution in [0.1, 0.15) is 92.6 Å². The lowest BCUT2D eigenvalue weighted by Gasteiger charge is -2.57. The third-order valence-electron chi connectivity index (χ3n) is 12.6. The van der Waals surface area contributed by atoms with Gasteiger partial charge in [0.1, 0.15) is 0 Å². The van der Waals surface area contributed by atoms with Gasteiger partial charge in [-0.3, -0.25) is 10.1 Å². The Morgan fingerprint density at radius 2 is 1.43 bits per heavy atom. The van der Waals surface area contributed by atoms with Crippen LogP contribution >= 0.6 is 0 Å². The van der Waals surface area contributed by atoms with Crippen molar-refractivity contribution in [2.24, 2.45) is 11.3 Å². The summed E-state index contributed by atoms with van der Waals surface area (Å²) in [7, 11) is -8.47. The first-order valence-corrected chi connectivity index (χ1v) is 26.7. The van der Waals surface area contributed by atoms with Crippen LogP contribution in [-0.2, 0) is 30.2 Å². The Hall–Kier alpha value is -2.20. The predicted octanol–water partition coefficient (Wildman–Crippen LogP) is 10.5. The fourth-order valence-electron chi connectivity index (χ4n) is 7.48. The number of nitro groups is 1. The highest BCUT2D eigenvalue weighted by Gasteiger charge is 2.57. The Morgan fingerprint density at radius 3 is 2.00 bits per heavy atom. The zero-order chi connectivity index (χ0) is 39.5. The molecule has 1 aliphatic heterocycles. The van der Waals surface area contributed by atoms with Gasteiger partial charge in [-0.15, -0.1) is 0 Å². The lowest BCUT2D eigenvalue weighted by Crippen LogP contribution is -2.60. The molecular formula is C41H66N2O7SSi2. The van der Waals surface area contributed by atoms with Gasteiger partial charge in [-0.2, -0.15) is 4.31 Å². The smallest absolute Gasteiger partial charge is 0.269 e. The van der Waals surface area contributed by atoms with Crippen LogP contribution in [0.5, 0.6) is 0 Å². The zero-order valence-electron chi connectivity index (χ0n) is 34.2. The number of ether oxygens (including phenoxy) is 1. The van der Waals surface area contributed by atoms with Crippen LogP contribution in [0.15, 0.2) is 71.1 Å². The molecule has 12 heteroatoms. The molecule has 0 unspecified atom stereocenters. The molecule has 4 atom stereocenters. The number of sulfonamides is 1. The quantitative estimate of drug-likeness (QED) is 0.0693. The Bertz CT molecular complexity index is 1670. The van der Waals surface area contributed by atoms with E-state index in [0.29, 0.717) is 45.6 Å². The van der Waals surface area contributed by atoms with Crippen molar-refractivity contribution in [3.8, 4) is 0 Å². The van der Waals surface area contributed by atoms with Gasteiger partial charge < -0.3 is 13.6 Å². The van der Waals surface area contributed by atoms with Crippen LogP contribution in [-0.4, -0.2) is 66.2 Å². The maximum atomic E-state index is 14.1. The molecule has 4 rings (SSSR count). The summed E-state index contributed by atoms with van der Waals surface area (Å²) in [4.78, 5) is 10.9. The highest BCUT2D eigenvalue weighted by molar-refractivity contribution is 7.89. The molecule has 0 amide bonds. The summed E-state index contributed by atoms with van der Waals surface area (Å²) in [6.07, 6.45) is 6.54. The first-order chi connectivity index (χ1) is 24.5. The van der Waals surface area contributed by atoms with E-state index in [1.165, 1.54) is 29.8 Å². The standard InChI is InChI=1S/C41H66N2O7SSi2/c1-32-29-34(24-28-48-31-33-17-13-12-14-18-33)41(38(30-32)50-53(10,11)40(5,6)7)25-16-27-42(26-15-19-37(41)49-52(8,9)39(2,3)4)51(46,47)36-22-20-35(21-23-36)43(44)45/h12-14,17-18,20-23,29,34,37-38H,15-16,19,24-28,30-31H2,1-11H3/t34-,37-,38-,41+/m1/s1. The van der Waals surface area contributed by atoms with Crippen molar-refractivity contribution in [2.75, 3.05) is 19.7 Å². The minimum absolute atomic E-state index is 0.00146. The number of rotatable bonds is 12. The minimum Gasteiger partial charge on any atom is -0.413 e. The van der Waals surface area contributed by atoms with Crippen molar-refractivity contribution in [3.05, 3.63) is 81.9 Å². The van der Waals surface area contributed by atoms with Gasteiger partial charge in [-0.05, 0) is 105 Å². The van der Waals surface area contributed by atoms with Crippen molar-refractivity contribution in [3.63, 3.8) is 0 Å². The number of nitro benzene ring substituents is 1. The van der Waals surface area contributed by atoms with E-state index in [1.54, 1.807) is 4.31 Å². The molecule has 0 bridgehead atoms. The molecule has 2 aromatic rings. The van der Waals surface area contributed by atoms with Gasteiger partial charge in [0.05, 0.1) is 28.6 Å². The second kappa shape index (κ2) is 16.9. The van der Waals surface area contributed by atoms with Gasteiger partial charge >= 0.3 is 0 Å². The van der Waals surface area contributed by atoms with Crippen molar-refractivity contribution in [1.82, 2.24) is 4.31 Å². The average Bonchev–Trinajstić information content (AvgIpc) is 3.14. The molecule has 9 nitrogen and oxygen atoms in total. The molecule has 1 spiro atoms. The Kier molecular flexibility index (Phi) is 13.9. The Balaban J connectivity index is 1.79. The maximum Gasteiger partial charge on any atom is 0.269 e. The summed E-state index contributed by atoms with van der Waals surface area (Å²) >= 11 is 0. The topological polar surface area (TPSA) is 108 Å². The molecule has 2 aromatic carbocycles. The summed E-state index contributed by atoms with van der Waals surface area (Å²) in [5, 5.41) is 11.3. The highest BCUT2D eigenvalue weighted by Crippen LogP contribution is 2.55. The van der Waals surface area contributed by atoms with Crippen molar-refractivity contribution in [2.45, 2.75) is 147 Å². The largest absolute Gasteiger partial charge is 0.413 e. The number of benzene rings is 2. The van der Waals surface area contributed by atoms with E-state index in [9.17, 15) is 18.5 Å².